The molecule has 0 spiro atoms. The number of hydrogen-bond acceptors (Lipinski definition) is 3. The Kier molecular flexibility index (Phi) is 3.51. The Bertz CT molecular complexity index is 388. The van der Waals surface area contributed by atoms with E-state index in [-0.39, 0.29) is 5.63 Å². The summed E-state index contributed by atoms with van der Waals surface area (Å²) in [6.07, 6.45) is 4.66. The van der Waals surface area contributed by atoms with Crippen LogP contribution in [0.3, 0.4) is 0 Å². The summed E-state index contributed by atoms with van der Waals surface area (Å²) in [5.74, 6) is 1.21. The molecule has 76 valence electrons. The summed E-state index contributed by atoms with van der Waals surface area (Å²) in [6, 6.07) is 1.37. The summed E-state index contributed by atoms with van der Waals surface area (Å²) < 4.78 is 10.1. The van der Waals surface area contributed by atoms with E-state index in [1.165, 1.54) is 6.07 Å². The van der Waals surface area contributed by atoms with Gasteiger partial charge in [-0.2, -0.15) is 0 Å². The molecule has 0 radical (unpaired) electrons. The zero-order chi connectivity index (χ0) is 10.6. The molecule has 0 unspecified atom stereocenters. The Balaban J connectivity index is 3.18. The second kappa shape index (κ2) is 4.65. The fourth-order valence-electron chi connectivity index (χ4n) is 1.27. The van der Waals surface area contributed by atoms with Gasteiger partial charge in [0.25, 0.3) is 0 Å². The van der Waals surface area contributed by atoms with E-state index in [1.807, 2.05) is 19.1 Å². The molecule has 3 heteroatoms. The largest absolute Gasteiger partial charge is 0.496 e. The second-order valence-electron chi connectivity index (χ2n) is 2.94. The number of hydrogen-bond donors (Lipinski definition) is 0. The zero-order valence-electron chi connectivity index (χ0n) is 8.66. The van der Waals surface area contributed by atoms with Gasteiger partial charge >= 0.3 is 5.63 Å². The highest BCUT2D eigenvalue weighted by Crippen LogP contribution is 2.20. The third-order valence-corrected chi connectivity index (χ3v) is 2.00. The lowest BCUT2D eigenvalue weighted by molar-refractivity contribution is 0.390. The van der Waals surface area contributed by atoms with Gasteiger partial charge in [0.1, 0.15) is 11.5 Å². The van der Waals surface area contributed by atoms with E-state index in [0.717, 1.165) is 12.0 Å². The van der Waals surface area contributed by atoms with E-state index in [9.17, 15) is 4.79 Å². The summed E-state index contributed by atoms with van der Waals surface area (Å²) in [5.41, 5.74) is 0.550. The van der Waals surface area contributed by atoms with Crippen molar-refractivity contribution in [2.75, 3.05) is 7.11 Å². The minimum absolute atomic E-state index is 0.372. The fraction of sp³-hybridized carbons (Fsp3) is 0.364. The summed E-state index contributed by atoms with van der Waals surface area (Å²) in [7, 11) is 1.55. The van der Waals surface area contributed by atoms with Gasteiger partial charge in [0.15, 0.2) is 0 Å². The van der Waals surface area contributed by atoms with Gasteiger partial charge in [-0.1, -0.05) is 12.2 Å². The molecule has 0 fully saturated rings. The summed E-state index contributed by atoms with van der Waals surface area (Å²) in [4.78, 5) is 11.0. The third-order valence-electron chi connectivity index (χ3n) is 2.00. The topological polar surface area (TPSA) is 39.4 Å². The standard InChI is InChI=1S/C11H14O3/c1-4-5-6-9-8(2)14-11(12)7-10(9)13-3/h4-5,7H,6H2,1-3H3. The predicted molar refractivity (Wildman–Crippen MR) is 54.8 cm³/mol. The van der Waals surface area contributed by atoms with Crippen LogP contribution < -0.4 is 10.4 Å². The molecule has 0 aliphatic carbocycles. The maximum absolute atomic E-state index is 11.0. The van der Waals surface area contributed by atoms with Crippen LogP contribution in [0.25, 0.3) is 0 Å². The highest BCUT2D eigenvalue weighted by atomic mass is 16.5. The number of allylic oxidation sites excluding steroid dienone is 2. The smallest absolute Gasteiger partial charge is 0.339 e. The summed E-state index contributed by atoms with van der Waals surface area (Å²) in [6.45, 7) is 3.71. The van der Waals surface area contributed by atoms with Crippen LogP contribution in [0.15, 0.2) is 27.4 Å². The van der Waals surface area contributed by atoms with Crippen LogP contribution in [0, 0.1) is 6.92 Å². The quantitative estimate of drug-likeness (QED) is 0.691. The van der Waals surface area contributed by atoms with Gasteiger partial charge in [-0.15, -0.1) is 0 Å². The third kappa shape index (κ3) is 2.25. The zero-order valence-corrected chi connectivity index (χ0v) is 8.66. The Morgan fingerprint density at radius 2 is 2.29 bits per heavy atom. The Morgan fingerprint density at radius 1 is 1.57 bits per heavy atom. The summed E-state index contributed by atoms with van der Waals surface area (Å²) in [5, 5.41) is 0. The van der Waals surface area contributed by atoms with Crippen LogP contribution in [-0.2, 0) is 6.42 Å². The van der Waals surface area contributed by atoms with E-state index < -0.39 is 0 Å². The first-order valence-electron chi connectivity index (χ1n) is 4.47. The molecule has 0 bridgehead atoms. The van der Waals surface area contributed by atoms with Crippen molar-refractivity contribution in [2.45, 2.75) is 20.3 Å². The highest BCUT2D eigenvalue weighted by molar-refractivity contribution is 5.35. The molecule has 1 rings (SSSR count). The minimum Gasteiger partial charge on any atom is -0.496 e. The molecule has 0 saturated heterocycles. The van der Waals surface area contributed by atoms with Crippen molar-refractivity contribution < 1.29 is 9.15 Å². The van der Waals surface area contributed by atoms with Crippen molar-refractivity contribution in [2.24, 2.45) is 0 Å². The van der Waals surface area contributed by atoms with Crippen molar-refractivity contribution in [1.29, 1.82) is 0 Å². The SMILES string of the molecule is CC=CCc1c(OC)cc(=O)oc1C. The van der Waals surface area contributed by atoms with Gasteiger partial charge in [0, 0.05) is 5.56 Å². The summed E-state index contributed by atoms with van der Waals surface area (Å²) >= 11 is 0. The molecule has 0 saturated carbocycles. The van der Waals surface area contributed by atoms with Gasteiger partial charge in [-0.05, 0) is 20.3 Å². The van der Waals surface area contributed by atoms with Crippen molar-refractivity contribution >= 4 is 0 Å². The molecule has 1 aromatic rings. The van der Waals surface area contributed by atoms with Crippen LogP contribution in [0.5, 0.6) is 5.75 Å². The van der Waals surface area contributed by atoms with Crippen LogP contribution in [0.1, 0.15) is 18.2 Å². The lowest BCUT2D eigenvalue weighted by atomic mass is 10.1. The first-order chi connectivity index (χ1) is 6.69. The molecule has 3 nitrogen and oxygen atoms in total. The van der Waals surface area contributed by atoms with Gasteiger partial charge < -0.3 is 9.15 Å². The molecule has 0 aliphatic rings. The van der Waals surface area contributed by atoms with Gasteiger partial charge in [-0.25, -0.2) is 4.79 Å². The molecule has 0 amide bonds. The Morgan fingerprint density at radius 3 is 2.86 bits per heavy atom. The molecular weight excluding hydrogens is 180 g/mol. The molecular formula is C11H14O3. The van der Waals surface area contributed by atoms with Crippen LogP contribution in [0.4, 0.5) is 0 Å². The molecule has 0 aromatic carbocycles. The average Bonchev–Trinajstić information content (AvgIpc) is 2.15. The lowest BCUT2D eigenvalue weighted by Crippen LogP contribution is -2.04. The van der Waals surface area contributed by atoms with Crippen molar-refractivity contribution in [1.82, 2.24) is 0 Å². The van der Waals surface area contributed by atoms with Crippen molar-refractivity contribution in [3.63, 3.8) is 0 Å². The number of aryl methyl sites for hydroxylation is 1. The molecule has 0 aliphatic heterocycles. The second-order valence-corrected chi connectivity index (χ2v) is 2.94. The van der Waals surface area contributed by atoms with Crippen molar-refractivity contribution in [3.05, 3.63) is 40.0 Å². The van der Waals surface area contributed by atoms with Gasteiger partial charge in [0.2, 0.25) is 0 Å². The lowest BCUT2D eigenvalue weighted by Gasteiger charge is -2.07. The number of ether oxygens (including phenoxy) is 1. The maximum atomic E-state index is 11.0. The van der Waals surface area contributed by atoms with E-state index in [0.29, 0.717) is 11.5 Å². The van der Waals surface area contributed by atoms with Gasteiger partial charge in [-0.3, -0.25) is 0 Å². The van der Waals surface area contributed by atoms with E-state index in [4.69, 9.17) is 9.15 Å². The van der Waals surface area contributed by atoms with Crippen LogP contribution in [-0.4, -0.2) is 7.11 Å². The first kappa shape index (κ1) is 10.6. The number of rotatable bonds is 3. The fourth-order valence-corrected chi connectivity index (χ4v) is 1.27. The Labute approximate surface area is 83.0 Å². The molecule has 1 aromatic heterocycles. The molecule has 14 heavy (non-hydrogen) atoms. The minimum atomic E-state index is -0.372. The van der Waals surface area contributed by atoms with Crippen LogP contribution >= 0.6 is 0 Å². The van der Waals surface area contributed by atoms with E-state index in [1.54, 1.807) is 14.0 Å². The normalized spacial score (nSPS) is 10.8. The highest BCUT2D eigenvalue weighted by Gasteiger charge is 2.08. The maximum Gasteiger partial charge on any atom is 0.339 e. The van der Waals surface area contributed by atoms with Crippen molar-refractivity contribution in [3.8, 4) is 5.75 Å². The van der Waals surface area contributed by atoms with E-state index >= 15 is 0 Å². The van der Waals surface area contributed by atoms with E-state index in [2.05, 4.69) is 0 Å². The molecule has 1 heterocycles. The average molecular weight is 194 g/mol. The number of methoxy groups -OCH3 is 1. The molecule has 0 atom stereocenters. The van der Waals surface area contributed by atoms with Crippen LogP contribution in [0.2, 0.25) is 0 Å². The monoisotopic (exact) mass is 194 g/mol. The molecule has 0 N–H and O–H groups in total. The Hall–Kier alpha value is -1.51. The predicted octanol–water partition coefficient (Wildman–Crippen LogP) is 2.08. The first-order valence-corrected chi connectivity index (χ1v) is 4.47. The van der Waals surface area contributed by atoms with Gasteiger partial charge in [0.05, 0.1) is 13.2 Å².